The van der Waals surface area contributed by atoms with Gasteiger partial charge in [0.15, 0.2) is 11.5 Å². The van der Waals surface area contributed by atoms with Gasteiger partial charge in [-0.1, -0.05) is 12.1 Å². The van der Waals surface area contributed by atoms with Crippen molar-refractivity contribution in [1.29, 1.82) is 5.26 Å². The van der Waals surface area contributed by atoms with Crippen LogP contribution >= 0.6 is 22.6 Å². The first kappa shape index (κ1) is 24.1. The number of amidine groups is 1. The van der Waals surface area contributed by atoms with E-state index in [4.69, 9.17) is 14.5 Å². The number of hydrogen-bond acceptors (Lipinski definition) is 6. The summed E-state index contributed by atoms with van der Waals surface area (Å²) in [6.45, 7) is 5.51. The zero-order chi connectivity index (χ0) is 23.5. The van der Waals surface area contributed by atoms with Gasteiger partial charge in [0.1, 0.15) is 11.9 Å². The summed E-state index contributed by atoms with van der Waals surface area (Å²) >= 11 is 2.09. The van der Waals surface area contributed by atoms with Crippen molar-refractivity contribution in [3.63, 3.8) is 0 Å². The molecular weight excluding hydrogens is 543 g/mol. The normalized spacial score (nSPS) is 13.9. The van der Waals surface area contributed by atoms with Crippen molar-refractivity contribution in [2.24, 2.45) is 4.99 Å². The van der Waals surface area contributed by atoms with Crippen LogP contribution in [0.15, 0.2) is 29.3 Å². The molecule has 2 aromatic carbocycles. The highest BCUT2D eigenvalue weighted by Crippen LogP contribution is 2.40. The fraction of sp³-hybridized carbons (Fsp3) is 0.364. The Bertz CT molecular complexity index is 1210. The summed E-state index contributed by atoms with van der Waals surface area (Å²) in [5.41, 5.74) is 3.62. The van der Waals surface area contributed by atoms with Crippen LogP contribution in [-0.2, 0) is 23.0 Å². The molecule has 0 radical (unpaired) electrons. The highest BCUT2D eigenvalue weighted by atomic mass is 127. The summed E-state index contributed by atoms with van der Waals surface area (Å²) in [4.78, 5) is 6.86. The molecule has 1 aliphatic heterocycles. The Morgan fingerprint density at radius 1 is 1.41 bits per heavy atom. The zero-order valence-electron chi connectivity index (χ0n) is 18.4. The van der Waals surface area contributed by atoms with E-state index in [-0.39, 0.29) is 0 Å². The van der Waals surface area contributed by atoms with E-state index in [2.05, 4.69) is 38.3 Å². The predicted octanol–water partition coefficient (Wildman–Crippen LogP) is 4.05. The van der Waals surface area contributed by atoms with Crippen molar-refractivity contribution >= 4 is 49.8 Å². The smallest absolute Gasteiger partial charge is 0.229 e. The third-order valence-corrected chi connectivity index (χ3v) is 6.71. The second-order valence-corrected chi connectivity index (χ2v) is 10.1. The molecule has 1 N–H and O–H groups in total. The van der Waals surface area contributed by atoms with Gasteiger partial charge in [-0.15, -0.1) is 0 Å². The number of nitrogens with zero attached hydrogens (tertiary/aromatic N) is 3. The monoisotopic (exact) mass is 568 g/mol. The number of hydrogen-bond donors (Lipinski definition) is 1. The molecule has 0 bridgehead atoms. The fourth-order valence-corrected chi connectivity index (χ4v) is 5.06. The third-order valence-electron chi connectivity index (χ3n) is 5.09. The van der Waals surface area contributed by atoms with Gasteiger partial charge in [-0.3, -0.25) is 4.72 Å². The van der Waals surface area contributed by atoms with Gasteiger partial charge in [-0.2, -0.15) is 5.26 Å². The molecule has 0 aliphatic carbocycles. The van der Waals surface area contributed by atoms with Gasteiger partial charge in [0.2, 0.25) is 10.0 Å². The summed E-state index contributed by atoms with van der Waals surface area (Å²) < 4.78 is 37.8. The lowest BCUT2D eigenvalue weighted by molar-refractivity contribution is 0.308. The van der Waals surface area contributed by atoms with Gasteiger partial charge in [0, 0.05) is 19.2 Å². The number of benzene rings is 2. The van der Waals surface area contributed by atoms with Crippen LogP contribution in [0.2, 0.25) is 0 Å². The molecule has 170 valence electrons. The Morgan fingerprint density at radius 2 is 2.16 bits per heavy atom. The fourth-order valence-electron chi connectivity index (χ4n) is 3.65. The molecule has 0 atom stereocenters. The minimum absolute atomic E-state index is 0.436. The second kappa shape index (κ2) is 9.95. The quantitative estimate of drug-likeness (QED) is 0.321. The average molecular weight is 568 g/mol. The summed E-state index contributed by atoms with van der Waals surface area (Å²) in [6.07, 6.45) is 1.83. The number of fused-ring (bicyclic) bond motifs is 1. The minimum atomic E-state index is -3.35. The van der Waals surface area contributed by atoms with E-state index < -0.39 is 10.0 Å². The molecular formula is C22H25IN4O4S. The Hall–Kier alpha value is -2.52. The van der Waals surface area contributed by atoms with Crippen molar-refractivity contribution < 1.29 is 17.9 Å². The lowest BCUT2D eigenvalue weighted by atomic mass is 9.98. The summed E-state index contributed by atoms with van der Waals surface area (Å²) in [5.74, 6) is 1.83. The first-order valence-electron chi connectivity index (χ1n) is 10.0. The number of ether oxygens (including phenoxy) is 2. The zero-order valence-corrected chi connectivity index (χ0v) is 21.4. The Morgan fingerprint density at radius 3 is 2.78 bits per heavy atom. The Labute approximate surface area is 202 Å². The van der Waals surface area contributed by atoms with Gasteiger partial charge in [-0.05, 0) is 60.1 Å². The van der Waals surface area contributed by atoms with Crippen LogP contribution in [0.3, 0.4) is 0 Å². The summed E-state index contributed by atoms with van der Waals surface area (Å²) in [5, 5.41) is 9.74. The van der Waals surface area contributed by atoms with Crippen LogP contribution in [0, 0.1) is 14.9 Å². The van der Waals surface area contributed by atoms with E-state index in [1.807, 2.05) is 26.0 Å². The number of rotatable bonds is 6. The molecule has 8 nitrogen and oxygen atoms in total. The number of methoxy groups -OCH3 is 1. The largest absolute Gasteiger partial charge is 0.493 e. The molecule has 0 spiro atoms. The van der Waals surface area contributed by atoms with Crippen molar-refractivity contribution in [2.75, 3.05) is 31.2 Å². The van der Waals surface area contributed by atoms with Gasteiger partial charge in [0.25, 0.3) is 0 Å². The number of anilines is 1. The first-order chi connectivity index (χ1) is 15.2. The van der Waals surface area contributed by atoms with Crippen LogP contribution in [0.4, 0.5) is 11.4 Å². The Kier molecular flexibility index (Phi) is 7.51. The topological polar surface area (TPSA) is 104 Å². The van der Waals surface area contributed by atoms with Crippen molar-refractivity contribution in [3.8, 4) is 17.6 Å². The lowest BCUT2D eigenvalue weighted by Gasteiger charge is -2.31. The number of sulfonamides is 1. The lowest BCUT2D eigenvalue weighted by Crippen LogP contribution is -2.34. The molecule has 0 fully saturated rings. The SMILES string of the molecule is CCOc1c(OC)cc(N=C(C)N2CCc3c(cccc3NS(C)(=O)=O)C2)c(C#N)c1I. The van der Waals surface area contributed by atoms with E-state index in [0.717, 1.165) is 23.2 Å². The molecule has 0 saturated heterocycles. The number of aliphatic imine (C=N–C) groups is 1. The van der Waals surface area contributed by atoms with Gasteiger partial charge in [-0.25, -0.2) is 13.4 Å². The minimum Gasteiger partial charge on any atom is -0.493 e. The predicted molar refractivity (Wildman–Crippen MR) is 133 cm³/mol. The van der Waals surface area contributed by atoms with E-state index in [1.165, 1.54) is 0 Å². The maximum Gasteiger partial charge on any atom is 0.229 e. The molecule has 2 aromatic rings. The van der Waals surface area contributed by atoms with Gasteiger partial charge >= 0.3 is 0 Å². The molecule has 0 unspecified atom stereocenters. The Balaban J connectivity index is 1.94. The number of nitriles is 1. The molecule has 0 aromatic heterocycles. The first-order valence-corrected chi connectivity index (χ1v) is 13.0. The van der Waals surface area contributed by atoms with Crippen LogP contribution < -0.4 is 14.2 Å². The standard InChI is InChI=1S/C22H25IN4O4S/c1-5-31-22-20(30-3)11-19(17(12-24)21(22)23)25-14(2)27-10-9-16-15(13-27)7-6-8-18(16)26-32(4,28)29/h6-8,11,26H,5,9-10,13H2,1-4H3. The second-order valence-electron chi connectivity index (χ2n) is 7.31. The van der Waals surface area contributed by atoms with Crippen molar-refractivity contribution in [3.05, 3.63) is 44.5 Å². The van der Waals surface area contributed by atoms with Gasteiger partial charge < -0.3 is 14.4 Å². The van der Waals surface area contributed by atoms with E-state index in [0.29, 0.717) is 58.1 Å². The summed E-state index contributed by atoms with van der Waals surface area (Å²) in [6, 6.07) is 9.57. The van der Waals surface area contributed by atoms with E-state index >= 15 is 0 Å². The molecule has 3 rings (SSSR count). The number of halogens is 1. The molecule has 32 heavy (non-hydrogen) atoms. The average Bonchev–Trinajstić information content (AvgIpc) is 2.74. The van der Waals surface area contributed by atoms with Crippen LogP contribution in [0.25, 0.3) is 0 Å². The van der Waals surface area contributed by atoms with Crippen molar-refractivity contribution in [2.45, 2.75) is 26.8 Å². The molecule has 1 heterocycles. The molecule has 0 saturated carbocycles. The molecule has 1 aliphatic rings. The van der Waals surface area contributed by atoms with E-state index in [9.17, 15) is 13.7 Å². The maximum absolute atomic E-state index is 11.7. The van der Waals surface area contributed by atoms with E-state index in [1.54, 1.807) is 19.2 Å². The third kappa shape index (κ3) is 5.27. The summed E-state index contributed by atoms with van der Waals surface area (Å²) in [7, 11) is -1.79. The van der Waals surface area contributed by atoms with Crippen LogP contribution in [-0.4, -0.2) is 45.7 Å². The molecule has 10 heteroatoms. The number of nitrogens with one attached hydrogen (secondary N) is 1. The molecule has 0 amide bonds. The van der Waals surface area contributed by atoms with Crippen molar-refractivity contribution in [1.82, 2.24) is 4.90 Å². The highest BCUT2D eigenvalue weighted by molar-refractivity contribution is 14.1. The van der Waals surface area contributed by atoms with Crippen LogP contribution in [0.1, 0.15) is 30.5 Å². The highest BCUT2D eigenvalue weighted by Gasteiger charge is 2.22. The van der Waals surface area contributed by atoms with Crippen LogP contribution in [0.5, 0.6) is 11.5 Å². The maximum atomic E-state index is 11.7. The van der Waals surface area contributed by atoms with Gasteiger partial charge in [0.05, 0.1) is 40.5 Å².